The second-order valence-electron chi connectivity index (χ2n) is 4.83. The Bertz CT molecular complexity index is 352. The van der Waals surface area contributed by atoms with E-state index < -0.39 is 0 Å². The molecule has 0 aliphatic carbocycles. The molecular formula is C11H22N4S. The maximum absolute atomic E-state index is 5.95. The average Bonchev–Trinajstić information content (AvgIpc) is 2.45. The Morgan fingerprint density at radius 2 is 2.00 bits per heavy atom. The fraction of sp³-hybridized carbons (Fsp3) is 0.727. The maximum Gasteiger partial charge on any atom is 0.146 e. The van der Waals surface area contributed by atoms with Crippen molar-refractivity contribution in [3.8, 4) is 0 Å². The molecule has 0 aliphatic heterocycles. The number of rotatable bonds is 4. The van der Waals surface area contributed by atoms with Crippen molar-refractivity contribution in [3.05, 3.63) is 11.5 Å². The molecule has 0 saturated heterocycles. The second kappa shape index (κ2) is 4.99. The van der Waals surface area contributed by atoms with Crippen molar-refractivity contribution < 1.29 is 0 Å². The van der Waals surface area contributed by atoms with Crippen LogP contribution in [0.1, 0.15) is 39.2 Å². The largest absolute Gasteiger partial charge is 0.382 e. The monoisotopic (exact) mass is 242 g/mol. The molecule has 0 unspecified atom stereocenters. The summed E-state index contributed by atoms with van der Waals surface area (Å²) in [5.74, 6) is 9.53. The van der Waals surface area contributed by atoms with Gasteiger partial charge in [0.1, 0.15) is 11.6 Å². The van der Waals surface area contributed by atoms with Crippen LogP contribution in [0.2, 0.25) is 0 Å². The van der Waals surface area contributed by atoms with E-state index in [1.165, 1.54) is 4.68 Å². The lowest BCUT2D eigenvalue weighted by atomic mass is 9.96. The summed E-state index contributed by atoms with van der Waals surface area (Å²) in [6.45, 7) is 8.41. The third kappa shape index (κ3) is 2.84. The summed E-state index contributed by atoms with van der Waals surface area (Å²) in [6, 6.07) is 0. The fourth-order valence-electron chi connectivity index (χ4n) is 1.52. The van der Waals surface area contributed by atoms with Gasteiger partial charge < -0.3 is 11.6 Å². The van der Waals surface area contributed by atoms with Gasteiger partial charge in [-0.2, -0.15) is 11.8 Å². The van der Waals surface area contributed by atoms with E-state index in [1.54, 1.807) is 0 Å². The van der Waals surface area contributed by atoms with Crippen LogP contribution in [0, 0.1) is 0 Å². The molecule has 1 heterocycles. The summed E-state index contributed by atoms with van der Waals surface area (Å²) in [5.41, 5.74) is 6.80. The highest BCUT2D eigenvalue weighted by Gasteiger charge is 2.23. The minimum absolute atomic E-state index is 0.0704. The summed E-state index contributed by atoms with van der Waals surface area (Å²) in [4.78, 5) is 4.55. The summed E-state index contributed by atoms with van der Waals surface area (Å²) >= 11 is 1.89. The number of hydrogen-bond acceptors (Lipinski definition) is 4. The van der Waals surface area contributed by atoms with Crippen molar-refractivity contribution in [1.82, 2.24) is 9.66 Å². The van der Waals surface area contributed by atoms with Crippen LogP contribution in [-0.4, -0.2) is 21.2 Å². The molecule has 0 amide bonds. The first-order valence-corrected chi connectivity index (χ1v) is 6.73. The standard InChI is InChI=1S/C11H22N4S/c1-5-16-7-6-8-9(12)15(13)10(14-8)11(2,3)4/h5-7,12-13H2,1-4H3. The van der Waals surface area contributed by atoms with Gasteiger partial charge in [0.2, 0.25) is 0 Å². The van der Waals surface area contributed by atoms with E-state index in [4.69, 9.17) is 11.6 Å². The van der Waals surface area contributed by atoms with E-state index in [2.05, 4.69) is 32.7 Å². The van der Waals surface area contributed by atoms with Gasteiger partial charge in [-0.05, 0) is 11.5 Å². The molecule has 92 valence electrons. The Hall–Kier alpha value is -0.840. The van der Waals surface area contributed by atoms with Crippen LogP contribution < -0.4 is 11.6 Å². The molecule has 4 nitrogen and oxygen atoms in total. The third-order valence-electron chi connectivity index (χ3n) is 2.38. The van der Waals surface area contributed by atoms with Crippen LogP contribution in [0.5, 0.6) is 0 Å². The van der Waals surface area contributed by atoms with Crippen molar-refractivity contribution in [2.45, 2.75) is 39.5 Å². The van der Waals surface area contributed by atoms with E-state index in [9.17, 15) is 0 Å². The summed E-state index contributed by atoms with van der Waals surface area (Å²) < 4.78 is 1.52. The lowest BCUT2D eigenvalue weighted by molar-refractivity contribution is 0.531. The number of thioether (sulfide) groups is 1. The van der Waals surface area contributed by atoms with Crippen LogP contribution in [0.4, 0.5) is 5.82 Å². The zero-order valence-corrected chi connectivity index (χ0v) is 11.4. The molecule has 0 atom stereocenters. The van der Waals surface area contributed by atoms with Crippen molar-refractivity contribution in [3.63, 3.8) is 0 Å². The number of nitrogens with zero attached hydrogens (tertiary/aromatic N) is 2. The van der Waals surface area contributed by atoms with Gasteiger partial charge in [0, 0.05) is 11.8 Å². The molecule has 5 heteroatoms. The first kappa shape index (κ1) is 13.2. The molecule has 16 heavy (non-hydrogen) atoms. The summed E-state index contributed by atoms with van der Waals surface area (Å²) in [6.07, 6.45) is 0.887. The zero-order valence-electron chi connectivity index (χ0n) is 10.6. The molecule has 0 bridgehead atoms. The quantitative estimate of drug-likeness (QED) is 0.623. The van der Waals surface area contributed by atoms with E-state index in [-0.39, 0.29) is 5.41 Å². The summed E-state index contributed by atoms with van der Waals surface area (Å²) in [5, 5.41) is 0. The number of nitrogens with two attached hydrogens (primary N) is 2. The molecule has 0 aromatic carbocycles. The highest BCUT2D eigenvalue weighted by molar-refractivity contribution is 7.99. The molecule has 1 aromatic heterocycles. The first-order chi connectivity index (χ1) is 7.38. The van der Waals surface area contributed by atoms with E-state index in [0.29, 0.717) is 5.82 Å². The molecule has 1 rings (SSSR count). The predicted molar refractivity (Wildman–Crippen MR) is 72.2 cm³/mol. The van der Waals surface area contributed by atoms with Gasteiger partial charge in [0.05, 0.1) is 5.69 Å². The van der Waals surface area contributed by atoms with E-state index in [0.717, 1.165) is 29.4 Å². The molecule has 0 aliphatic rings. The van der Waals surface area contributed by atoms with Crippen molar-refractivity contribution in [1.29, 1.82) is 0 Å². The third-order valence-corrected chi connectivity index (χ3v) is 3.28. The minimum Gasteiger partial charge on any atom is -0.382 e. The van der Waals surface area contributed by atoms with Gasteiger partial charge in [0.25, 0.3) is 0 Å². The van der Waals surface area contributed by atoms with Crippen LogP contribution in [0.15, 0.2) is 0 Å². The predicted octanol–water partition coefficient (Wildman–Crippen LogP) is 1.77. The molecule has 1 aromatic rings. The normalized spacial score (nSPS) is 12.0. The number of anilines is 1. The van der Waals surface area contributed by atoms with Crippen molar-refractivity contribution in [2.24, 2.45) is 0 Å². The topological polar surface area (TPSA) is 69.9 Å². The number of nitrogen functional groups attached to an aromatic ring is 2. The van der Waals surface area contributed by atoms with E-state index >= 15 is 0 Å². The Kier molecular flexibility index (Phi) is 4.13. The number of imidazole rings is 1. The van der Waals surface area contributed by atoms with Crippen LogP contribution >= 0.6 is 11.8 Å². The van der Waals surface area contributed by atoms with Gasteiger partial charge in [-0.1, -0.05) is 27.7 Å². The Morgan fingerprint density at radius 3 is 2.44 bits per heavy atom. The lowest BCUT2D eigenvalue weighted by Crippen LogP contribution is -2.24. The minimum atomic E-state index is -0.0704. The second-order valence-corrected chi connectivity index (χ2v) is 6.23. The van der Waals surface area contributed by atoms with Gasteiger partial charge in [0.15, 0.2) is 0 Å². The van der Waals surface area contributed by atoms with Crippen LogP contribution in [0.25, 0.3) is 0 Å². The summed E-state index contributed by atoms with van der Waals surface area (Å²) in [7, 11) is 0. The SMILES string of the molecule is CCSCCc1nc(C(C)(C)C)n(N)c1N. The Morgan fingerprint density at radius 1 is 1.38 bits per heavy atom. The van der Waals surface area contributed by atoms with Crippen LogP contribution in [-0.2, 0) is 11.8 Å². The lowest BCUT2D eigenvalue weighted by Gasteiger charge is -2.17. The molecular weight excluding hydrogens is 220 g/mol. The van der Waals surface area contributed by atoms with Gasteiger partial charge in [-0.25, -0.2) is 9.66 Å². The smallest absolute Gasteiger partial charge is 0.146 e. The molecule has 4 N–H and O–H groups in total. The number of aryl methyl sites for hydroxylation is 1. The number of hydrogen-bond donors (Lipinski definition) is 2. The van der Waals surface area contributed by atoms with Gasteiger partial charge in [-0.3, -0.25) is 0 Å². The van der Waals surface area contributed by atoms with E-state index in [1.807, 2.05) is 11.8 Å². The van der Waals surface area contributed by atoms with Crippen molar-refractivity contribution >= 4 is 17.6 Å². The molecule has 0 radical (unpaired) electrons. The zero-order chi connectivity index (χ0) is 12.3. The maximum atomic E-state index is 5.95. The van der Waals surface area contributed by atoms with Gasteiger partial charge >= 0.3 is 0 Å². The Balaban J connectivity index is 2.88. The first-order valence-electron chi connectivity index (χ1n) is 5.58. The highest BCUT2D eigenvalue weighted by atomic mass is 32.2. The Labute approximate surface area is 102 Å². The molecule has 0 saturated carbocycles. The fourth-order valence-corrected chi connectivity index (χ4v) is 2.14. The number of aromatic nitrogens is 2. The molecule has 0 fully saturated rings. The van der Waals surface area contributed by atoms with Crippen LogP contribution in [0.3, 0.4) is 0 Å². The average molecular weight is 242 g/mol. The highest BCUT2D eigenvalue weighted by Crippen LogP contribution is 2.24. The molecule has 0 spiro atoms. The van der Waals surface area contributed by atoms with Crippen molar-refractivity contribution in [2.75, 3.05) is 23.1 Å². The van der Waals surface area contributed by atoms with Gasteiger partial charge in [-0.15, -0.1) is 0 Å².